The predicted octanol–water partition coefficient (Wildman–Crippen LogP) is 5.83. The van der Waals surface area contributed by atoms with Crippen LogP contribution in [0.15, 0.2) is 66.7 Å². The number of alkyl halides is 4. The Kier molecular flexibility index (Phi) is 9.49. The van der Waals surface area contributed by atoms with Crippen LogP contribution in [-0.2, 0) is 15.6 Å². The lowest BCUT2D eigenvalue weighted by Gasteiger charge is -2.30. The van der Waals surface area contributed by atoms with Crippen LogP contribution in [0.1, 0.15) is 76.7 Å². The molecular formula is C32H31F4N3O7. The van der Waals surface area contributed by atoms with Crippen molar-refractivity contribution >= 4 is 23.6 Å². The first-order chi connectivity index (χ1) is 21.8. The van der Waals surface area contributed by atoms with Crippen LogP contribution in [0.5, 0.6) is 5.75 Å². The second-order valence-corrected chi connectivity index (χ2v) is 11.1. The van der Waals surface area contributed by atoms with E-state index in [9.17, 15) is 37.1 Å². The topological polar surface area (TPSA) is 146 Å². The van der Waals surface area contributed by atoms with Crippen molar-refractivity contribution in [2.24, 2.45) is 0 Å². The molecule has 0 aromatic heterocycles. The third-order valence-electron chi connectivity index (χ3n) is 7.90. The molecule has 1 fully saturated rings. The number of amides is 3. The number of aliphatic carboxylic acids is 1. The van der Waals surface area contributed by atoms with E-state index in [0.29, 0.717) is 17.0 Å². The number of carbonyl (C=O) groups is 3. The molecular weight excluding hydrogens is 614 g/mol. The molecule has 3 amide bonds. The quantitative estimate of drug-likeness (QED) is 0.184. The van der Waals surface area contributed by atoms with Crippen molar-refractivity contribution in [3.63, 3.8) is 0 Å². The maximum absolute atomic E-state index is 14.3. The number of aliphatic hydroxyl groups excluding tert-OH is 1. The van der Waals surface area contributed by atoms with Gasteiger partial charge in [0.05, 0.1) is 18.2 Å². The highest BCUT2D eigenvalue weighted by atomic mass is 19.3. The number of carboxylic acid groups (broad SMARTS) is 1. The molecule has 5 N–H and O–H groups in total. The number of halogens is 4. The summed E-state index contributed by atoms with van der Waals surface area (Å²) >= 11 is 0. The number of anilines is 1. The highest BCUT2D eigenvalue weighted by Gasteiger charge is 2.54. The molecule has 0 bridgehead atoms. The molecule has 3 aromatic carbocycles. The fraction of sp³-hybridized carbons (Fsp3) is 0.344. The van der Waals surface area contributed by atoms with Crippen molar-refractivity contribution in [1.82, 2.24) is 10.6 Å². The minimum atomic E-state index is -4.53. The molecule has 1 heterocycles. The van der Waals surface area contributed by atoms with Crippen LogP contribution in [0.2, 0.25) is 0 Å². The Morgan fingerprint density at radius 3 is 2.15 bits per heavy atom. The Labute approximate surface area is 260 Å². The molecule has 244 valence electrons. The van der Waals surface area contributed by atoms with Crippen molar-refractivity contribution in [3.05, 3.63) is 94.5 Å². The SMILES string of the molecule is O=C(Nc1ccc2c(c1)C(F)(F)OC(F)(F)O2)NC(c1ccc(C(=O)NCC(O)C(=O)O)cc1)c1ccc(C2CCCCC2)cc1. The monoisotopic (exact) mass is 645 g/mol. The Bertz CT molecular complexity index is 1580. The lowest BCUT2D eigenvalue weighted by atomic mass is 9.83. The van der Waals surface area contributed by atoms with Crippen molar-refractivity contribution in [3.8, 4) is 5.75 Å². The summed E-state index contributed by atoms with van der Waals surface area (Å²) in [7, 11) is 0. The van der Waals surface area contributed by atoms with Gasteiger partial charge in [0.25, 0.3) is 5.91 Å². The number of benzene rings is 3. The van der Waals surface area contributed by atoms with Crippen molar-refractivity contribution < 1.29 is 51.6 Å². The minimum absolute atomic E-state index is 0.143. The van der Waals surface area contributed by atoms with Crippen LogP contribution in [-0.4, -0.2) is 47.1 Å². The van der Waals surface area contributed by atoms with Gasteiger partial charge in [-0.3, -0.25) is 4.79 Å². The Hall–Kier alpha value is -4.69. The van der Waals surface area contributed by atoms with E-state index in [0.717, 1.165) is 43.9 Å². The Morgan fingerprint density at radius 1 is 0.891 bits per heavy atom. The molecule has 1 saturated carbocycles. The maximum Gasteiger partial charge on any atom is 0.540 e. The van der Waals surface area contributed by atoms with Crippen molar-refractivity contribution in [2.75, 3.05) is 11.9 Å². The van der Waals surface area contributed by atoms with Gasteiger partial charge in [0, 0.05) is 11.3 Å². The normalized spacial score (nSPS) is 18.3. The second-order valence-electron chi connectivity index (χ2n) is 11.1. The van der Waals surface area contributed by atoms with E-state index in [4.69, 9.17) is 5.11 Å². The zero-order valence-electron chi connectivity index (χ0n) is 24.3. The molecule has 1 aliphatic heterocycles. The molecule has 2 atom stereocenters. The zero-order valence-corrected chi connectivity index (χ0v) is 24.3. The molecule has 5 rings (SSSR count). The lowest BCUT2D eigenvalue weighted by molar-refractivity contribution is -0.461. The first-order valence-electron chi connectivity index (χ1n) is 14.6. The summed E-state index contributed by atoms with van der Waals surface area (Å²) in [5.41, 5.74) is 1.43. The van der Waals surface area contributed by atoms with Gasteiger partial charge in [-0.1, -0.05) is 55.7 Å². The standard InChI is InChI=1S/C32H31F4N3O7/c33-31(34)24-16-23(14-15-26(24)45-32(35,36)46-31)38-30(44)39-27(20-8-6-19(7-9-20)18-4-2-1-3-5-18)21-10-12-22(13-11-21)28(41)37-17-25(40)29(42)43/h6-16,18,25,27,40H,1-5,17H2,(H,37,41)(H,42,43)(H2,38,39,44). The van der Waals surface area contributed by atoms with E-state index in [1.165, 1.54) is 24.1 Å². The predicted molar refractivity (Wildman–Crippen MR) is 156 cm³/mol. The average Bonchev–Trinajstić information content (AvgIpc) is 3.02. The van der Waals surface area contributed by atoms with Crippen molar-refractivity contribution in [2.45, 2.75) is 62.6 Å². The molecule has 2 unspecified atom stereocenters. The first-order valence-corrected chi connectivity index (χ1v) is 14.6. The Balaban J connectivity index is 1.36. The van der Waals surface area contributed by atoms with Gasteiger partial charge >= 0.3 is 24.4 Å². The zero-order chi connectivity index (χ0) is 33.1. The highest BCUT2D eigenvalue weighted by Crippen LogP contribution is 2.47. The summed E-state index contributed by atoms with van der Waals surface area (Å²) in [5.74, 6) is -2.47. The smallest absolute Gasteiger partial charge is 0.479 e. The van der Waals surface area contributed by atoms with Gasteiger partial charge in [-0.05, 0) is 65.8 Å². The van der Waals surface area contributed by atoms with Gasteiger partial charge in [-0.25, -0.2) is 14.3 Å². The van der Waals surface area contributed by atoms with Crippen LogP contribution in [0.25, 0.3) is 0 Å². The minimum Gasteiger partial charge on any atom is -0.479 e. The van der Waals surface area contributed by atoms with Gasteiger partial charge in [0.2, 0.25) is 0 Å². The van der Waals surface area contributed by atoms with Gasteiger partial charge in [0.15, 0.2) is 6.10 Å². The number of hydrogen-bond acceptors (Lipinski definition) is 6. The molecule has 0 radical (unpaired) electrons. The van der Waals surface area contributed by atoms with Crippen LogP contribution in [0.3, 0.4) is 0 Å². The molecule has 1 aliphatic carbocycles. The van der Waals surface area contributed by atoms with Crippen molar-refractivity contribution in [1.29, 1.82) is 0 Å². The largest absolute Gasteiger partial charge is 0.540 e. The number of fused-ring (bicyclic) bond motifs is 1. The number of carboxylic acids is 1. The summed E-state index contributed by atoms with van der Waals surface area (Å²) in [4.78, 5) is 36.5. The third-order valence-corrected chi connectivity index (χ3v) is 7.90. The molecule has 0 saturated heterocycles. The summed E-state index contributed by atoms with van der Waals surface area (Å²) < 4.78 is 63.0. The van der Waals surface area contributed by atoms with Crippen LogP contribution < -0.4 is 20.7 Å². The van der Waals surface area contributed by atoms with Crippen LogP contribution in [0, 0.1) is 0 Å². The number of nitrogens with one attached hydrogen (secondary N) is 3. The summed E-state index contributed by atoms with van der Waals surface area (Å²) in [6.45, 7) is -0.497. The molecule has 3 aromatic rings. The average molecular weight is 646 g/mol. The fourth-order valence-corrected chi connectivity index (χ4v) is 5.54. The summed E-state index contributed by atoms with van der Waals surface area (Å²) in [6, 6.07) is 15.0. The molecule has 14 heteroatoms. The van der Waals surface area contributed by atoms with E-state index in [2.05, 4.69) is 25.4 Å². The number of hydrogen-bond donors (Lipinski definition) is 5. The van der Waals surface area contributed by atoms with Crippen LogP contribution in [0.4, 0.5) is 28.0 Å². The van der Waals surface area contributed by atoms with Gasteiger partial charge in [-0.2, -0.15) is 8.78 Å². The molecule has 10 nitrogen and oxygen atoms in total. The molecule has 0 spiro atoms. The molecule has 46 heavy (non-hydrogen) atoms. The van der Waals surface area contributed by atoms with Gasteiger partial charge in [-0.15, -0.1) is 8.78 Å². The third kappa shape index (κ3) is 7.74. The highest BCUT2D eigenvalue weighted by molar-refractivity contribution is 5.94. The van der Waals surface area contributed by atoms with E-state index >= 15 is 0 Å². The first kappa shape index (κ1) is 32.7. The number of rotatable bonds is 9. The van der Waals surface area contributed by atoms with Gasteiger partial charge < -0.3 is 30.9 Å². The summed E-state index contributed by atoms with van der Waals surface area (Å²) in [5, 5.41) is 25.8. The maximum atomic E-state index is 14.3. The number of carbonyl (C=O) groups excluding carboxylic acids is 2. The van der Waals surface area contributed by atoms with E-state index in [1.807, 2.05) is 24.3 Å². The van der Waals surface area contributed by atoms with Crippen LogP contribution >= 0.6 is 0 Å². The second kappa shape index (κ2) is 13.3. The van der Waals surface area contributed by atoms with Gasteiger partial charge in [0.1, 0.15) is 5.75 Å². The number of ether oxygens (including phenoxy) is 2. The Morgan fingerprint density at radius 2 is 1.52 bits per heavy atom. The van der Waals surface area contributed by atoms with E-state index < -0.39 is 60.3 Å². The molecule has 2 aliphatic rings. The fourth-order valence-electron chi connectivity index (χ4n) is 5.54. The van der Waals surface area contributed by atoms with E-state index in [1.54, 1.807) is 12.1 Å². The lowest BCUT2D eigenvalue weighted by Crippen LogP contribution is -2.41. The number of aliphatic hydroxyl groups is 1. The number of urea groups is 1. The van der Waals surface area contributed by atoms with E-state index in [-0.39, 0.29) is 11.3 Å². The summed E-state index contributed by atoms with van der Waals surface area (Å²) in [6.07, 6.45) is -4.99.